The molecule has 0 bridgehead atoms. The van der Waals surface area contributed by atoms with Gasteiger partial charge in [0.1, 0.15) is 0 Å². The van der Waals surface area contributed by atoms with Crippen LogP contribution >= 0.6 is 0 Å². The van der Waals surface area contributed by atoms with Gasteiger partial charge in [0.15, 0.2) is 0 Å². The minimum atomic E-state index is -3.49. The van der Waals surface area contributed by atoms with E-state index in [-0.39, 0.29) is 29.3 Å². The summed E-state index contributed by atoms with van der Waals surface area (Å²) in [5.74, 6) is -0.102. The Kier molecular flexibility index (Phi) is 6.56. The molecule has 1 amide bonds. The monoisotopic (exact) mass is 340 g/mol. The fourth-order valence-corrected chi connectivity index (χ4v) is 3.54. The van der Waals surface area contributed by atoms with Gasteiger partial charge in [0.2, 0.25) is 15.9 Å². The number of nitrogens with one attached hydrogen (secondary N) is 2. The molecular formula is C16H24N2O4S. The average Bonchev–Trinajstić information content (AvgIpc) is 2.56. The van der Waals surface area contributed by atoms with Gasteiger partial charge in [-0.25, -0.2) is 13.1 Å². The normalized spacial score (nSPS) is 20.0. The van der Waals surface area contributed by atoms with Crippen molar-refractivity contribution in [3.05, 3.63) is 30.3 Å². The van der Waals surface area contributed by atoms with E-state index in [0.717, 1.165) is 19.4 Å². The van der Waals surface area contributed by atoms with Crippen LogP contribution in [0.4, 0.5) is 0 Å². The first-order valence-corrected chi connectivity index (χ1v) is 9.40. The second-order valence-corrected chi connectivity index (χ2v) is 7.59. The lowest BCUT2D eigenvalue weighted by atomic mass is 10.0. The SMILES string of the molecule is C[C@H](CCNS(=O)(=O)c1ccccc1)NC(=O)[C@@H]1CCCOC1. The van der Waals surface area contributed by atoms with E-state index in [4.69, 9.17) is 4.74 Å². The number of amides is 1. The minimum Gasteiger partial charge on any atom is -0.381 e. The summed E-state index contributed by atoms with van der Waals surface area (Å²) in [5.41, 5.74) is 0. The first kappa shape index (κ1) is 17.9. The van der Waals surface area contributed by atoms with Gasteiger partial charge in [0, 0.05) is 19.2 Å². The van der Waals surface area contributed by atoms with Crippen molar-refractivity contribution in [3.63, 3.8) is 0 Å². The van der Waals surface area contributed by atoms with Crippen molar-refractivity contribution in [2.45, 2.75) is 37.1 Å². The molecule has 1 aromatic carbocycles. The van der Waals surface area contributed by atoms with Gasteiger partial charge in [-0.2, -0.15) is 0 Å². The second-order valence-electron chi connectivity index (χ2n) is 5.82. The number of rotatable bonds is 7. The van der Waals surface area contributed by atoms with Gasteiger partial charge in [-0.3, -0.25) is 4.79 Å². The van der Waals surface area contributed by atoms with Crippen LogP contribution in [-0.2, 0) is 19.6 Å². The van der Waals surface area contributed by atoms with Gasteiger partial charge in [-0.15, -0.1) is 0 Å². The van der Waals surface area contributed by atoms with Crippen molar-refractivity contribution in [2.75, 3.05) is 19.8 Å². The van der Waals surface area contributed by atoms with Gasteiger partial charge in [-0.1, -0.05) is 18.2 Å². The first-order valence-electron chi connectivity index (χ1n) is 7.92. The Hall–Kier alpha value is -1.44. The van der Waals surface area contributed by atoms with Gasteiger partial charge in [0.05, 0.1) is 17.4 Å². The van der Waals surface area contributed by atoms with Gasteiger partial charge in [0.25, 0.3) is 0 Å². The molecule has 128 valence electrons. The molecule has 1 fully saturated rings. The van der Waals surface area contributed by atoms with Crippen molar-refractivity contribution in [1.82, 2.24) is 10.0 Å². The van der Waals surface area contributed by atoms with Crippen molar-refractivity contribution in [1.29, 1.82) is 0 Å². The van der Waals surface area contributed by atoms with Gasteiger partial charge in [-0.05, 0) is 38.3 Å². The van der Waals surface area contributed by atoms with E-state index >= 15 is 0 Å². The maximum atomic E-state index is 12.1. The van der Waals surface area contributed by atoms with Crippen LogP contribution in [0, 0.1) is 5.92 Å². The fourth-order valence-electron chi connectivity index (χ4n) is 2.47. The number of carbonyl (C=O) groups is 1. The highest BCUT2D eigenvalue weighted by Gasteiger charge is 2.23. The second kappa shape index (κ2) is 8.42. The van der Waals surface area contributed by atoms with E-state index < -0.39 is 10.0 Å². The van der Waals surface area contributed by atoms with E-state index in [1.54, 1.807) is 30.3 Å². The highest BCUT2D eigenvalue weighted by molar-refractivity contribution is 7.89. The van der Waals surface area contributed by atoms with E-state index in [1.165, 1.54) is 0 Å². The first-order chi connectivity index (χ1) is 11.0. The van der Waals surface area contributed by atoms with Crippen molar-refractivity contribution in [2.24, 2.45) is 5.92 Å². The van der Waals surface area contributed by atoms with Crippen LogP contribution in [0.25, 0.3) is 0 Å². The molecule has 0 aromatic heterocycles. The summed E-state index contributed by atoms with van der Waals surface area (Å²) in [4.78, 5) is 12.3. The lowest BCUT2D eigenvalue weighted by Gasteiger charge is -2.23. The van der Waals surface area contributed by atoms with E-state index in [9.17, 15) is 13.2 Å². The van der Waals surface area contributed by atoms with Crippen molar-refractivity contribution < 1.29 is 17.9 Å². The highest BCUT2D eigenvalue weighted by atomic mass is 32.2. The molecule has 1 saturated heterocycles. The Morgan fingerprint density at radius 1 is 1.35 bits per heavy atom. The highest BCUT2D eigenvalue weighted by Crippen LogP contribution is 2.14. The predicted octanol–water partition coefficient (Wildman–Crippen LogP) is 1.29. The number of hydrogen-bond donors (Lipinski definition) is 2. The Labute approximate surface area is 137 Å². The summed E-state index contributed by atoms with van der Waals surface area (Å²) < 4.78 is 32.0. The molecule has 0 aliphatic carbocycles. The Morgan fingerprint density at radius 3 is 2.74 bits per heavy atom. The Morgan fingerprint density at radius 2 is 2.09 bits per heavy atom. The zero-order chi connectivity index (χ0) is 16.7. The molecule has 1 aromatic rings. The third-order valence-electron chi connectivity index (χ3n) is 3.84. The van der Waals surface area contributed by atoms with Crippen LogP contribution < -0.4 is 10.0 Å². The smallest absolute Gasteiger partial charge is 0.240 e. The van der Waals surface area contributed by atoms with Crippen molar-refractivity contribution in [3.8, 4) is 0 Å². The van der Waals surface area contributed by atoms with Crippen LogP contribution in [0.3, 0.4) is 0 Å². The third kappa shape index (κ3) is 5.60. The minimum absolute atomic E-state index is 0.0110. The number of sulfonamides is 1. The molecule has 2 N–H and O–H groups in total. The lowest BCUT2D eigenvalue weighted by molar-refractivity contribution is -0.129. The molecular weight excluding hydrogens is 316 g/mol. The summed E-state index contributed by atoms with van der Waals surface area (Å²) in [5, 5.41) is 2.92. The zero-order valence-electron chi connectivity index (χ0n) is 13.3. The molecule has 0 saturated carbocycles. The average molecular weight is 340 g/mol. The Balaban J connectivity index is 1.74. The Bertz CT molecular complexity index is 598. The predicted molar refractivity (Wildman–Crippen MR) is 87.4 cm³/mol. The zero-order valence-corrected chi connectivity index (χ0v) is 14.1. The maximum Gasteiger partial charge on any atom is 0.240 e. The lowest BCUT2D eigenvalue weighted by Crippen LogP contribution is -2.41. The van der Waals surface area contributed by atoms with E-state index in [2.05, 4.69) is 10.0 Å². The van der Waals surface area contributed by atoms with Crippen LogP contribution in [0.15, 0.2) is 35.2 Å². The molecule has 2 rings (SSSR count). The van der Waals surface area contributed by atoms with E-state index in [0.29, 0.717) is 13.0 Å². The molecule has 1 heterocycles. The summed E-state index contributed by atoms with van der Waals surface area (Å²) >= 11 is 0. The quantitative estimate of drug-likeness (QED) is 0.783. The van der Waals surface area contributed by atoms with E-state index in [1.807, 2.05) is 6.92 Å². The number of benzene rings is 1. The molecule has 0 radical (unpaired) electrons. The summed E-state index contributed by atoms with van der Waals surface area (Å²) in [7, 11) is -3.49. The standard InChI is InChI=1S/C16H24N2O4S/c1-13(18-16(19)14-6-5-11-22-12-14)9-10-17-23(20,21)15-7-3-2-4-8-15/h2-4,7-8,13-14,17H,5-6,9-12H2,1H3,(H,18,19)/t13-,14-/m1/s1. The number of ether oxygens (including phenoxy) is 1. The van der Waals surface area contributed by atoms with Crippen LogP contribution in [0.5, 0.6) is 0 Å². The summed E-state index contributed by atoms with van der Waals surface area (Å²) in [6.07, 6.45) is 2.29. The molecule has 2 atom stereocenters. The molecule has 7 heteroatoms. The number of carbonyl (C=O) groups excluding carboxylic acids is 1. The maximum absolute atomic E-state index is 12.1. The third-order valence-corrected chi connectivity index (χ3v) is 5.32. The summed E-state index contributed by atoms with van der Waals surface area (Å²) in [6, 6.07) is 8.15. The van der Waals surface area contributed by atoms with Gasteiger partial charge >= 0.3 is 0 Å². The van der Waals surface area contributed by atoms with Crippen LogP contribution in [0.1, 0.15) is 26.2 Å². The summed E-state index contributed by atoms with van der Waals surface area (Å²) in [6.45, 7) is 3.35. The largest absolute Gasteiger partial charge is 0.381 e. The molecule has 0 unspecified atom stereocenters. The van der Waals surface area contributed by atoms with Gasteiger partial charge < -0.3 is 10.1 Å². The van der Waals surface area contributed by atoms with Crippen LogP contribution in [0.2, 0.25) is 0 Å². The number of hydrogen-bond acceptors (Lipinski definition) is 4. The molecule has 23 heavy (non-hydrogen) atoms. The molecule has 1 aliphatic heterocycles. The van der Waals surface area contributed by atoms with Crippen molar-refractivity contribution >= 4 is 15.9 Å². The topological polar surface area (TPSA) is 84.5 Å². The molecule has 0 spiro atoms. The molecule has 6 nitrogen and oxygen atoms in total. The molecule has 1 aliphatic rings. The fraction of sp³-hybridized carbons (Fsp3) is 0.562. The van der Waals surface area contributed by atoms with Crippen LogP contribution in [-0.4, -0.2) is 40.1 Å².